The van der Waals surface area contributed by atoms with Gasteiger partial charge in [0.05, 0.1) is 4.92 Å². The molecule has 1 aromatic heterocycles. The van der Waals surface area contributed by atoms with Crippen molar-refractivity contribution in [3.05, 3.63) is 21.1 Å². The van der Waals surface area contributed by atoms with Crippen LogP contribution in [0.1, 0.15) is 38.3 Å². The molecule has 1 saturated carbocycles. The first kappa shape index (κ1) is 14.0. The van der Waals surface area contributed by atoms with Gasteiger partial charge in [-0.2, -0.15) is 4.98 Å². The predicted molar refractivity (Wildman–Crippen MR) is 73.5 cm³/mol. The number of nitrogens with one attached hydrogen (secondary N) is 1. The summed E-state index contributed by atoms with van der Waals surface area (Å²) in [4.78, 5) is 18.4. The minimum absolute atomic E-state index is 0.0322. The molecule has 0 aromatic carbocycles. The molecule has 19 heavy (non-hydrogen) atoms. The minimum atomic E-state index is -0.465. The number of nitrogens with zero attached hydrogens (tertiary/aromatic N) is 3. The Morgan fingerprint density at radius 1 is 1.47 bits per heavy atom. The average molecular weight is 285 g/mol. The van der Waals surface area contributed by atoms with Crippen LogP contribution in [0.15, 0.2) is 0 Å². The highest BCUT2D eigenvalue weighted by Gasteiger charge is 2.35. The van der Waals surface area contributed by atoms with Gasteiger partial charge in [-0.25, -0.2) is 4.98 Å². The second-order valence-corrected chi connectivity index (χ2v) is 5.43. The topological polar surface area (TPSA) is 81.0 Å². The lowest BCUT2D eigenvalue weighted by molar-refractivity contribution is -0.385. The van der Waals surface area contributed by atoms with Crippen LogP contribution in [0.3, 0.4) is 0 Å². The molecule has 1 aliphatic carbocycles. The van der Waals surface area contributed by atoms with Crippen LogP contribution in [0, 0.1) is 22.5 Å². The molecule has 1 heterocycles. The average Bonchev–Trinajstić information content (AvgIpc) is 2.26. The molecule has 0 unspecified atom stereocenters. The summed E-state index contributed by atoms with van der Waals surface area (Å²) in [5.41, 5.74) is 0.445. The highest BCUT2D eigenvalue weighted by molar-refractivity contribution is 6.28. The van der Waals surface area contributed by atoms with Gasteiger partial charge in [0.25, 0.3) is 0 Å². The van der Waals surface area contributed by atoms with Gasteiger partial charge in [0.15, 0.2) is 0 Å². The van der Waals surface area contributed by atoms with Crippen LogP contribution < -0.4 is 5.32 Å². The van der Waals surface area contributed by atoms with Gasteiger partial charge in [-0.15, -0.1) is 0 Å². The van der Waals surface area contributed by atoms with E-state index in [4.69, 9.17) is 11.6 Å². The zero-order valence-corrected chi connectivity index (χ0v) is 11.8. The molecule has 0 spiro atoms. The second kappa shape index (κ2) is 5.28. The third-order valence-electron chi connectivity index (χ3n) is 4.01. The molecular weight excluding hydrogens is 268 g/mol. The smallest absolute Gasteiger partial charge is 0.332 e. The maximum absolute atomic E-state index is 11.1. The van der Waals surface area contributed by atoms with Crippen LogP contribution in [0.5, 0.6) is 0 Å². The van der Waals surface area contributed by atoms with Crippen molar-refractivity contribution < 1.29 is 4.92 Å². The molecule has 104 valence electrons. The maximum Gasteiger partial charge on any atom is 0.332 e. The molecule has 0 atom stereocenters. The molecule has 0 bridgehead atoms. The van der Waals surface area contributed by atoms with E-state index in [1.807, 2.05) is 0 Å². The lowest BCUT2D eigenvalue weighted by atomic mass is 9.67. The molecule has 0 aliphatic heterocycles. The second-order valence-electron chi connectivity index (χ2n) is 5.09. The van der Waals surface area contributed by atoms with Crippen molar-refractivity contribution in [2.75, 3.05) is 11.9 Å². The monoisotopic (exact) mass is 284 g/mol. The van der Waals surface area contributed by atoms with E-state index < -0.39 is 4.92 Å². The third kappa shape index (κ3) is 2.78. The fourth-order valence-electron chi connectivity index (χ4n) is 2.48. The van der Waals surface area contributed by atoms with E-state index in [1.54, 1.807) is 6.92 Å². The highest BCUT2D eigenvalue weighted by atomic mass is 35.5. The summed E-state index contributed by atoms with van der Waals surface area (Å²) in [7, 11) is 0. The number of anilines is 1. The van der Waals surface area contributed by atoms with Crippen LogP contribution in [-0.2, 0) is 0 Å². The number of aromatic nitrogens is 2. The number of halogens is 1. The fraction of sp³-hybridized carbons (Fsp3) is 0.667. The number of rotatable bonds is 5. The SMILES string of the molecule is CCC1(CNc2nc(Cl)nc(C)c2[N+](=O)[O-])CCC1. The number of hydrogen-bond acceptors (Lipinski definition) is 5. The van der Waals surface area contributed by atoms with Crippen LogP contribution in [-0.4, -0.2) is 21.4 Å². The van der Waals surface area contributed by atoms with Crippen LogP contribution in [0.2, 0.25) is 5.28 Å². The van der Waals surface area contributed by atoms with Gasteiger partial charge < -0.3 is 5.32 Å². The maximum atomic E-state index is 11.1. The van der Waals surface area contributed by atoms with Crippen LogP contribution in [0.4, 0.5) is 11.5 Å². The Labute approximate surface area is 116 Å². The van der Waals surface area contributed by atoms with E-state index in [9.17, 15) is 10.1 Å². The quantitative estimate of drug-likeness (QED) is 0.509. The Bertz CT molecular complexity index is 497. The Morgan fingerprint density at radius 3 is 2.63 bits per heavy atom. The Balaban J connectivity index is 2.21. The summed E-state index contributed by atoms with van der Waals surface area (Å²) in [5.74, 6) is 0.224. The van der Waals surface area contributed by atoms with E-state index in [1.165, 1.54) is 6.42 Å². The molecule has 1 N–H and O–H groups in total. The molecule has 7 heteroatoms. The molecule has 2 rings (SSSR count). The first-order chi connectivity index (χ1) is 8.97. The number of aryl methyl sites for hydroxylation is 1. The first-order valence-corrected chi connectivity index (χ1v) is 6.78. The van der Waals surface area contributed by atoms with Crippen molar-refractivity contribution in [1.29, 1.82) is 0 Å². The molecule has 0 saturated heterocycles. The molecule has 0 radical (unpaired) electrons. The summed E-state index contributed by atoms with van der Waals surface area (Å²) in [6.45, 7) is 4.40. The third-order valence-corrected chi connectivity index (χ3v) is 4.18. The van der Waals surface area contributed by atoms with Crippen LogP contribution in [0.25, 0.3) is 0 Å². The molecular formula is C12H17ClN4O2. The van der Waals surface area contributed by atoms with E-state index >= 15 is 0 Å². The lowest BCUT2D eigenvalue weighted by Gasteiger charge is -2.41. The molecule has 6 nitrogen and oxygen atoms in total. The number of nitro groups is 1. The van der Waals surface area contributed by atoms with E-state index in [0.29, 0.717) is 6.54 Å². The highest BCUT2D eigenvalue weighted by Crippen LogP contribution is 2.44. The van der Waals surface area contributed by atoms with Crippen molar-refractivity contribution >= 4 is 23.1 Å². The van der Waals surface area contributed by atoms with Gasteiger partial charge in [-0.1, -0.05) is 13.3 Å². The lowest BCUT2D eigenvalue weighted by Crippen LogP contribution is -2.36. The van der Waals surface area contributed by atoms with E-state index in [2.05, 4.69) is 22.2 Å². The molecule has 1 aromatic rings. The van der Waals surface area contributed by atoms with Crippen molar-refractivity contribution in [3.63, 3.8) is 0 Å². The Morgan fingerprint density at radius 2 is 2.16 bits per heavy atom. The van der Waals surface area contributed by atoms with Gasteiger partial charge in [-0.05, 0) is 43.2 Å². The zero-order chi connectivity index (χ0) is 14.0. The van der Waals surface area contributed by atoms with Gasteiger partial charge in [0, 0.05) is 6.54 Å². The van der Waals surface area contributed by atoms with Gasteiger partial charge >= 0.3 is 5.69 Å². The summed E-state index contributed by atoms with van der Waals surface area (Å²) < 4.78 is 0. The first-order valence-electron chi connectivity index (χ1n) is 6.40. The standard InChI is InChI=1S/C12H17ClN4O2/c1-3-12(5-4-6-12)7-14-10-9(17(18)19)8(2)15-11(13)16-10/h3-7H2,1-2H3,(H,14,15,16). The van der Waals surface area contributed by atoms with Crippen LogP contribution >= 0.6 is 11.6 Å². The van der Waals surface area contributed by atoms with Crippen molar-refractivity contribution in [2.24, 2.45) is 5.41 Å². The minimum Gasteiger partial charge on any atom is -0.364 e. The predicted octanol–water partition coefficient (Wildman–Crippen LogP) is 3.34. The van der Waals surface area contributed by atoms with Gasteiger partial charge in [0.2, 0.25) is 11.1 Å². The molecule has 1 fully saturated rings. The normalized spacial score (nSPS) is 16.8. The van der Waals surface area contributed by atoms with Gasteiger partial charge in [-0.3, -0.25) is 10.1 Å². The Kier molecular flexibility index (Phi) is 3.89. The van der Waals surface area contributed by atoms with E-state index in [0.717, 1.165) is 19.3 Å². The van der Waals surface area contributed by atoms with Crippen molar-refractivity contribution in [3.8, 4) is 0 Å². The number of hydrogen-bond donors (Lipinski definition) is 1. The van der Waals surface area contributed by atoms with Gasteiger partial charge in [0.1, 0.15) is 5.69 Å². The zero-order valence-electron chi connectivity index (χ0n) is 11.1. The summed E-state index contributed by atoms with van der Waals surface area (Å²) in [6.07, 6.45) is 4.59. The van der Waals surface area contributed by atoms with Crippen molar-refractivity contribution in [2.45, 2.75) is 39.5 Å². The summed E-state index contributed by atoms with van der Waals surface area (Å²) >= 11 is 5.77. The summed E-state index contributed by atoms with van der Waals surface area (Å²) in [5, 5.41) is 14.2. The van der Waals surface area contributed by atoms with E-state index in [-0.39, 0.29) is 27.9 Å². The summed E-state index contributed by atoms with van der Waals surface area (Å²) in [6, 6.07) is 0. The fourth-order valence-corrected chi connectivity index (χ4v) is 2.69. The van der Waals surface area contributed by atoms with Crippen molar-refractivity contribution in [1.82, 2.24) is 9.97 Å². The largest absolute Gasteiger partial charge is 0.364 e. The molecule has 0 amide bonds. The Hall–Kier alpha value is -1.43. The molecule has 1 aliphatic rings.